The summed E-state index contributed by atoms with van der Waals surface area (Å²) in [6.07, 6.45) is 4.31. The van der Waals surface area contributed by atoms with Crippen molar-refractivity contribution in [2.75, 3.05) is 25.1 Å². The zero-order valence-electron chi connectivity index (χ0n) is 8.45. The van der Waals surface area contributed by atoms with Gasteiger partial charge in [-0.05, 0) is 18.8 Å². The van der Waals surface area contributed by atoms with Crippen molar-refractivity contribution in [1.82, 2.24) is 10.2 Å². The minimum Gasteiger partial charge on any atom is -0.381 e. The minimum absolute atomic E-state index is 0.402. The zero-order chi connectivity index (χ0) is 10.5. The largest absolute Gasteiger partial charge is 0.381 e. The van der Waals surface area contributed by atoms with E-state index in [4.69, 9.17) is 16.3 Å². The van der Waals surface area contributed by atoms with E-state index in [-0.39, 0.29) is 0 Å². The van der Waals surface area contributed by atoms with Gasteiger partial charge in [0, 0.05) is 19.2 Å². The summed E-state index contributed by atoms with van der Waals surface area (Å²) in [6, 6.07) is 1.75. The van der Waals surface area contributed by atoms with Crippen molar-refractivity contribution in [2.24, 2.45) is 5.92 Å². The maximum Gasteiger partial charge on any atom is 0.153 e. The van der Waals surface area contributed by atoms with Crippen molar-refractivity contribution in [1.29, 1.82) is 0 Å². The molecule has 1 aliphatic rings. The third-order valence-corrected chi connectivity index (χ3v) is 2.44. The molecule has 1 N–H and O–H groups in total. The molecule has 1 saturated carbocycles. The molecule has 0 saturated heterocycles. The van der Waals surface area contributed by atoms with E-state index in [1.165, 1.54) is 12.8 Å². The van der Waals surface area contributed by atoms with Gasteiger partial charge >= 0.3 is 0 Å². The van der Waals surface area contributed by atoms with E-state index < -0.39 is 0 Å². The molecule has 0 bridgehead atoms. The Kier molecular flexibility index (Phi) is 3.75. The lowest BCUT2D eigenvalue weighted by atomic mass is 10.4. The van der Waals surface area contributed by atoms with Gasteiger partial charge < -0.3 is 10.1 Å². The van der Waals surface area contributed by atoms with E-state index in [9.17, 15) is 0 Å². The van der Waals surface area contributed by atoms with Gasteiger partial charge in [0.05, 0.1) is 18.5 Å². The molecule has 0 aromatic carbocycles. The summed E-state index contributed by atoms with van der Waals surface area (Å²) in [5, 5.41) is 11.0. The van der Waals surface area contributed by atoms with Crippen LogP contribution in [-0.2, 0) is 4.74 Å². The van der Waals surface area contributed by atoms with Crippen molar-refractivity contribution < 1.29 is 4.74 Å². The topological polar surface area (TPSA) is 47.0 Å². The molecule has 0 unspecified atom stereocenters. The summed E-state index contributed by atoms with van der Waals surface area (Å²) < 4.78 is 5.48. The van der Waals surface area contributed by atoms with Crippen LogP contribution in [0.2, 0.25) is 5.15 Å². The molecular weight excluding hydrogens is 214 g/mol. The summed E-state index contributed by atoms with van der Waals surface area (Å²) >= 11 is 5.69. The highest BCUT2D eigenvalue weighted by Gasteiger charge is 2.20. The van der Waals surface area contributed by atoms with Crippen molar-refractivity contribution in [3.63, 3.8) is 0 Å². The number of anilines is 1. The van der Waals surface area contributed by atoms with Gasteiger partial charge in [-0.2, -0.15) is 5.10 Å². The van der Waals surface area contributed by atoms with Crippen LogP contribution in [0.3, 0.4) is 0 Å². The van der Waals surface area contributed by atoms with Gasteiger partial charge in [0.15, 0.2) is 5.15 Å². The van der Waals surface area contributed by atoms with E-state index in [1.807, 2.05) is 0 Å². The van der Waals surface area contributed by atoms with Crippen molar-refractivity contribution in [3.8, 4) is 0 Å². The Bertz CT molecular complexity index is 317. The average Bonchev–Trinajstić information content (AvgIpc) is 3.01. The number of hydrogen-bond donors (Lipinski definition) is 1. The summed E-state index contributed by atoms with van der Waals surface area (Å²) in [5.74, 6) is 0.821. The number of nitrogens with zero attached hydrogens (tertiary/aromatic N) is 2. The van der Waals surface area contributed by atoms with Gasteiger partial charge in [-0.1, -0.05) is 11.6 Å². The second-order valence-corrected chi connectivity index (χ2v) is 4.10. The van der Waals surface area contributed by atoms with Crippen LogP contribution in [0.5, 0.6) is 0 Å². The molecule has 1 fully saturated rings. The Morgan fingerprint density at radius 3 is 3.13 bits per heavy atom. The first kappa shape index (κ1) is 10.6. The molecule has 0 spiro atoms. The molecule has 1 aromatic rings. The molecule has 2 rings (SSSR count). The van der Waals surface area contributed by atoms with Gasteiger partial charge in [0.1, 0.15) is 0 Å². The quantitative estimate of drug-likeness (QED) is 0.755. The Labute approximate surface area is 94.0 Å². The van der Waals surface area contributed by atoms with Gasteiger partial charge in [0.25, 0.3) is 0 Å². The predicted octanol–water partition coefficient (Wildman–Crippen LogP) is 1.97. The fourth-order valence-corrected chi connectivity index (χ4v) is 1.40. The molecule has 1 heterocycles. The summed E-state index contributed by atoms with van der Waals surface area (Å²) in [6.45, 7) is 2.39. The monoisotopic (exact) mass is 227 g/mol. The second-order valence-electron chi connectivity index (χ2n) is 3.71. The van der Waals surface area contributed by atoms with E-state index in [0.717, 1.165) is 31.4 Å². The molecule has 5 heteroatoms. The third kappa shape index (κ3) is 4.01. The third-order valence-electron chi connectivity index (χ3n) is 2.25. The average molecular weight is 228 g/mol. The van der Waals surface area contributed by atoms with Gasteiger partial charge in [-0.3, -0.25) is 0 Å². The molecule has 15 heavy (non-hydrogen) atoms. The van der Waals surface area contributed by atoms with E-state index in [2.05, 4.69) is 15.5 Å². The number of halogens is 1. The van der Waals surface area contributed by atoms with Crippen molar-refractivity contribution in [2.45, 2.75) is 12.8 Å². The molecule has 4 nitrogen and oxygen atoms in total. The van der Waals surface area contributed by atoms with Gasteiger partial charge in [0.2, 0.25) is 0 Å². The number of nitrogens with one attached hydrogen (secondary N) is 1. The first-order chi connectivity index (χ1) is 7.34. The highest BCUT2D eigenvalue weighted by atomic mass is 35.5. The molecule has 82 valence electrons. The lowest BCUT2D eigenvalue weighted by Gasteiger charge is -2.06. The SMILES string of the molecule is Clc1cc(NCCOCC2CC2)cnn1. The van der Waals surface area contributed by atoms with E-state index in [0.29, 0.717) is 5.15 Å². The second kappa shape index (κ2) is 5.28. The van der Waals surface area contributed by atoms with Gasteiger partial charge in [-0.15, -0.1) is 5.10 Å². The fraction of sp³-hybridized carbons (Fsp3) is 0.600. The predicted molar refractivity (Wildman–Crippen MR) is 59.1 cm³/mol. The van der Waals surface area contributed by atoms with Crippen LogP contribution in [0.4, 0.5) is 5.69 Å². The fourth-order valence-electron chi connectivity index (χ4n) is 1.24. The maximum absolute atomic E-state index is 5.69. The van der Waals surface area contributed by atoms with Crippen LogP contribution in [0.25, 0.3) is 0 Å². The molecule has 1 aliphatic carbocycles. The highest BCUT2D eigenvalue weighted by Crippen LogP contribution is 2.28. The Hall–Kier alpha value is -0.870. The molecule has 0 amide bonds. The normalized spacial score (nSPS) is 15.3. The zero-order valence-corrected chi connectivity index (χ0v) is 9.20. The standard InChI is InChI=1S/C10H14ClN3O/c11-10-5-9(6-13-14-10)12-3-4-15-7-8-1-2-8/h5-6,8H,1-4,7H2,(H,12,14). The first-order valence-corrected chi connectivity index (χ1v) is 5.52. The Balaban J connectivity index is 1.60. The van der Waals surface area contributed by atoms with Crippen LogP contribution < -0.4 is 5.32 Å². The van der Waals surface area contributed by atoms with Crippen molar-refractivity contribution in [3.05, 3.63) is 17.4 Å². The molecule has 0 aliphatic heterocycles. The molecule has 0 radical (unpaired) electrons. The van der Waals surface area contributed by atoms with E-state index in [1.54, 1.807) is 12.3 Å². The van der Waals surface area contributed by atoms with Crippen LogP contribution in [0.15, 0.2) is 12.3 Å². The first-order valence-electron chi connectivity index (χ1n) is 5.14. The Morgan fingerprint density at radius 1 is 1.53 bits per heavy atom. The summed E-state index contributed by atoms with van der Waals surface area (Å²) in [7, 11) is 0. The number of ether oxygens (including phenoxy) is 1. The molecular formula is C10H14ClN3O. The van der Waals surface area contributed by atoms with Crippen LogP contribution in [0.1, 0.15) is 12.8 Å². The van der Waals surface area contributed by atoms with Crippen LogP contribution >= 0.6 is 11.6 Å². The maximum atomic E-state index is 5.69. The minimum atomic E-state index is 0.402. The molecule has 1 aromatic heterocycles. The summed E-state index contributed by atoms with van der Waals surface area (Å²) in [5.41, 5.74) is 0.880. The van der Waals surface area contributed by atoms with Crippen LogP contribution in [0, 0.1) is 5.92 Å². The summed E-state index contributed by atoms with van der Waals surface area (Å²) in [4.78, 5) is 0. The molecule has 0 atom stereocenters. The highest BCUT2D eigenvalue weighted by molar-refractivity contribution is 6.29. The lowest BCUT2D eigenvalue weighted by molar-refractivity contribution is 0.134. The lowest BCUT2D eigenvalue weighted by Crippen LogP contribution is -2.10. The number of rotatable bonds is 6. The van der Waals surface area contributed by atoms with Gasteiger partial charge in [-0.25, -0.2) is 0 Å². The number of aromatic nitrogens is 2. The van der Waals surface area contributed by atoms with E-state index >= 15 is 0 Å². The smallest absolute Gasteiger partial charge is 0.153 e. The van der Waals surface area contributed by atoms with Crippen LogP contribution in [-0.4, -0.2) is 30.0 Å². The number of hydrogen-bond acceptors (Lipinski definition) is 4. The van der Waals surface area contributed by atoms with Crippen molar-refractivity contribution >= 4 is 17.3 Å². The Morgan fingerprint density at radius 2 is 2.40 bits per heavy atom.